The van der Waals surface area contributed by atoms with E-state index in [-0.39, 0.29) is 17.9 Å². The summed E-state index contributed by atoms with van der Waals surface area (Å²) in [5.74, 6) is 1.93. The van der Waals surface area contributed by atoms with Crippen LogP contribution in [0.1, 0.15) is 34.1 Å². The van der Waals surface area contributed by atoms with Crippen LogP contribution in [0.15, 0.2) is 0 Å². The van der Waals surface area contributed by atoms with Gasteiger partial charge in [0.25, 0.3) is 0 Å². The lowest BCUT2D eigenvalue weighted by Crippen LogP contribution is -2.68. The summed E-state index contributed by atoms with van der Waals surface area (Å²) < 4.78 is 0. The molecule has 1 rings (SSSR count). The number of piperazine rings is 1. The third-order valence-corrected chi connectivity index (χ3v) is 3.86. The number of thioether (sulfide) groups is 1. The van der Waals surface area contributed by atoms with Gasteiger partial charge in [-0.3, -0.25) is 9.59 Å². The van der Waals surface area contributed by atoms with Crippen LogP contribution in [-0.2, 0) is 9.59 Å². The van der Waals surface area contributed by atoms with E-state index >= 15 is 0 Å². The molecule has 1 aliphatic heterocycles. The Kier molecular flexibility index (Phi) is 4.86. The molecule has 1 unspecified atom stereocenters. The average Bonchev–Trinajstić information content (AvgIpc) is 2.25. The molecular formula is C12H22N2O2S. The van der Waals surface area contributed by atoms with Crippen molar-refractivity contribution in [3.63, 3.8) is 0 Å². The van der Waals surface area contributed by atoms with Crippen LogP contribution in [0.2, 0.25) is 0 Å². The Labute approximate surface area is 108 Å². The lowest BCUT2D eigenvalue weighted by atomic mass is 9.96. The quantitative estimate of drug-likeness (QED) is 0.755. The number of amides is 2. The minimum atomic E-state index is -0.764. The second kappa shape index (κ2) is 5.76. The van der Waals surface area contributed by atoms with Crippen LogP contribution in [0.5, 0.6) is 0 Å². The Morgan fingerprint density at radius 2 is 2.00 bits per heavy atom. The Bertz CT molecular complexity index is 305. The Balaban J connectivity index is 2.78. The molecule has 2 amide bonds. The number of nitrogens with one attached hydrogen (secondary N) is 1. The van der Waals surface area contributed by atoms with Gasteiger partial charge in [0.2, 0.25) is 11.8 Å². The van der Waals surface area contributed by atoms with E-state index in [9.17, 15) is 9.59 Å². The summed E-state index contributed by atoms with van der Waals surface area (Å²) in [6, 6.07) is -0.298. The molecule has 0 aromatic rings. The zero-order valence-corrected chi connectivity index (χ0v) is 11.9. The summed E-state index contributed by atoms with van der Waals surface area (Å²) in [5, 5.41) is 2.79. The van der Waals surface area contributed by atoms with Crippen LogP contribution in [0, 0.1) is 0 Å². The van der Waals surface area contributed by atoms with Crippen LogP contribution in [0.25, 0.3) is 0 Å². The topological polar surface area (TPSA) is 49.4 Å². The van der Waals surface area contributed by atoms with E-state index in [1.165, 1.54) is 0 Å². The van der Waals surface area contributed by atoms with Crippen LogP contribution in [-0.4, -0.2) is 46.3 Å². The van der Waals surface area contributed by atoms with E-state index in [2.05, 4.69) is 12.2 Å². The summed E-state index contributed by atoms with van der Waals surface area (Å²) in [6.45, 7) is 8.22. The molecule has 1 heterocycles. The normalized spacial score (nSPS) is 23.8. The molecule has 5 heteroatoms. The fraction of sp³-hybridized carbons (Fsp3) is 0.833. The number of hydrogen-bond acceptors (Lipinski definition) is 3. The molecule has 1 fully saturated rings. The maximum atomic E-state index is 12.3. The van der Waals surface area contributed by atoms with E-state index in [0.29, 0.717) is 13.0 Å². The molecule has 1 atom stereocenters. The first kappa shape index (κ1) is 14.4. The number of rotatable bonds is 5. The van der Waals surface area contributed by atoms with Crippen molar-refractivity contribution < 1.29 is 9.59 Å². The van der Waals surface area contributed by atoms with Crippen molar-refractivity contribution in [3.05, 3.63) is 0 Å². The van der Waals surface area contributed by atoms with E-state index in [0.717, 1.165) is 11.5 Å². The summed E-state index contributed by atoms with van der Waals surface area (Å²) in [7, 11) is 0. The molecule has 17 heavy (non-hydrogen) atoms. The second-order valence-electron chi connectivity index (χ2n) is 4.73. The molecule has 0 spiro atoms. The van der Waals surface area contributed by atoms with Gasteiger partial charge >= 0.3 is 0 Å². The third kappa shape index (κ3) is 3.15. The molecule has 0 radical (unpaired) electrons. The zero-order chi connectivity index (χ0) is 13.1. The summed E-state index contributed by atoms with van der Waals surface area (Å²) in [6.07, 6.45) is 0.671. The van der Waals surface area contributed by atoms with E-state index in [4.69, 9.17) is 0 Å². The zero-order valence-electron chi connectivity index (χ0n) is 11.1. The lowest BCUT2D eigenvalue weighted by Gasteiger charge is -2.42. The maximum Gasteiger partial charge on any atom is 0.248 e. The highest BCUT2D eigenvalue weighted by atomic mass is 32.2. The van der Waals surface area contributed by atoms with Gasteiger partial charge in [0.05, 0.1) is 0 Å². The first-order chi connectivity index (χ1) is 7.94. The van der Waals surface area contributed by atoms with E-state index in [1.54, 1.807) is 30.5 Å². The third-order valence-electron chi connectivity index (χ3n) is 2.98. The minimum Gasteiger partial charge on any atom is -0.340 e. The molecule has 0 aromatic carbocycles. The number of carbonyl (C=O) groups is 2. The van der Waals surface area contributed by atoms with Crippen LogP contribution in [0.3, 0.4) is 0 Å². The van der Waals surface area contributed by atoms with Gasteiger partial charge < -0.3 is 10.2 Å². The van der Waals surface area contributed by atoms with Crippen LogP contribution >= 0.6 is 11.8 Å². The highest BCUT2D eigenvalue weighted by Gasteiger charge is 2.43. The minimum absolute atomic E-state index is 0.0284. The average molecular weight is 258 g/mol. The molecule has 0 aliphatic carbocycles. The van der Waals surface area contributed by atoms with Crippen molar-refractivity contribution >= 4 is 23.6 Å². The number of hydrogen-bond donors (Lipinski definition) is 1. The van der Waals surface area contributed by atoms with Gasteiger partial charge in [-0.05, 0) is 26.0 Å². The first-order valence-electron chi connectivity index (χ1n) is 6.14. The molecule has 0 aromatic heterocycles. The largest absolute Gasteiger partial charge is 0.340 e. The molecule has 0 bridgehead atoms. The Morgan fingerprint density at radius 3 is 2.53 bits per heavy atom. The van der Waals surface area contributed by atoms with Gasteiger partial charge in [-0.25, -0.2) is 0 Å². The Hall–Kier alpha value is -0.710. The van der Waals surface area contributed by atoms with Crippen molar-refractivity contribution in [1.29, 1.82) is 0 Å². The van der Waals surface area contributed by atoms with Gasteiger partial charge in [-0.2, -0.15) is 11.8 Å². The van der Waals surface area contributed by atoms with E-state index in [1.807, 2.05) is 6.92 Å². The monoisotopic (exact) mass is 258 g/mol. The molecule has 1 saturated heterocycles. The van der Waals surface area contributed by atoms with Crippen molar-refractivity contribution in [1.82, 2.24) is 10.2 Å². The van der Waals surface area contributed by atoms with Gasteiger partial charge in [0.1, 0.15) is 11.6 Å². The van der Waals surface area contributed by atoms with Gasteiger partial charge in [-0.15, -0.1) is 0 Å². The van der Waals surface area contributed by atoms with Gasteiger partial charge in [0, 0.05) is 12.3 Å². The molecular weight excluding hydrogens is 236 g/mol. The Morgan fingerprint density at radius 1 is 1.35 bits per heavy atom. The van der Waals surface area contributed by atoms with Crippen molar-refractivity contribution in [2.45, 2.75) is 45.7 Å². The van der Waals surface area contributed by atoms with Crippen molar-refractivity contribution in [2.24, 2.45) is 0 Å². The molecule has 98 valence electrons. The molecule has 4 nitrogen and oxygen atoms in total. The summed E-state index contributed by atoms with van der Waals surface area (Å²) in [5.41, 5.74) is -0.764. The summed E-state index contributed by atoms with van der Waals surface area (Å²) in [4.78, 5) is 25.9. The number of nitrogens with zero attached hydrogens (tertiary/aromatic N) is 1. The van der Waals surface area contributed by atoms with Crippen LogP contribution < -0.4 is 5.32 Å². The highest BCUT2D eigenvalue weighted by Crippen LogP contribution is 2.20. The molecule has 0 saturated carbocycles. The van der Waals surface area contributed by atoms with Crippen molar-refractivity contribution in [3.8, 4) is 0 Å². The fourth-order valence-electron chi connectivity index (χ4n) is 2.06. The van der Waals surface area contributed by atoms with Gasteiger partial charge in [-0.1, -0.05) is 13.8 Å². The maximum absolute atomic E-state index is 12.3. The highest BCUT2D eigenvalue weighted by molar-refractivity contribution is 7.99. The van der Waals surface area contributed by atoms with Crippen molar-refractivity contribution in [2.75, 3.05) is 18.1 Å². The molecule has 1 aliphatic rings. The predicted octanol–water partition coefficient (Wildman–Crippen LogP) is 1.26. The molecule has 1 N–H and O–H groups in total. The first-order valence-corrected chi connectivity index (χ1v) is 7.30. The van der Waals surface area contributed by atoms with E-state index < -0.39 is 5.54 Å². The number of carbonyl (C=O) groups excluding carboxylic acids is 2. The predicted molar refractivity (Wildman–Crippen MR) is 71.0 cm³/mol. The lowest BCUT2D eigenvalue weighted by molar-refractivity contribution is -0.153. The van der Waals surface area contributed by atoms with Crippen LogP contribution in [0.4, 0.5) is 0 Å². The SMILES string of the molecule is CCSCCN1C(=O)C(C)(C)NC(=O)C1CC. The van der Waals surface area contributed by atoms with Gasteiger partial charge in [0.15, 0.2) is 0 Å². The smallest absolute Gasteiger partial charge is 0.248 e. The summed E-state index contributed by atoms with van der Waals surface area (Å²) >= 11 is 1.79. The second-order valence-corrected chi connectivity index (χ2v) is 6.13. The fourth-order valence-corrected chi connectivity index (χ4v) is 2.67. The standard InChI is InChI=1S/C12H22N2O2S/c1-5-9-10(15)13-12(3,4)11(16)14(9)7-8-17-6-2/h9H,5-8H2,1-4H3,(H,13,15).